The zero-order chi connectivity index (χ0) is 16.0. The minimum Gasteiger partial charge on any atom is -0.480 e. The molecule has 120 valence electrons. The molecule has 2 unspecified atom stereocenters. The summed E-state index contributed by atoms with van der Waals surface area (Å²) >= 11 is 0. The first-order chi connectivity index (χ1) is 9.86. The lowest BCUT2D eigenvalue weighted by molar-refractivity contribution is -0.147. The maximum atomic E-state index is 12.7. The topological polar surface area (TPSA) is 113 Å². The molecule has 1 saturated carbocycles. The Kier molecular flexibility index (Phi) is 6.45. The van der Waals surface area contributed by atoms with E-state index in [4.69, 9.17) is 10.8 Å². The van der Waals surface area contributed by atoms with Crippen LogP contribution < -0.4 is 11.1 Å². The van der Waals surface area contributed by atoms with Crippen molar-refractivity contribution < 1.29 is 19.5 Å². The summed E-state index contributed by atoms with van der Waals surface area (Å²) in [5.41, 5.74) is 5.14. The molecular formula is C14H25N3O4. The number of nitrogens with two attached hydrogens (primary N) is 1. The predicted molar refractivity (Wildman–Crippen MR) is 77.6 cm³/mol. The van der Waals surface area contributed by atoms with Crippen LogP contribution in [0.25, 0.3) is 0 Å². The third-order valence-electron chi connectivity index (χ3n) is 4.13. The van der Waals surface area contributed by atoms with Crippen LogP contribution in [0.15, 0.2) is 0 Å². The van der Waals surface area contributed by atoms with Crippen molar-refractivity contribution in [3.8, 4) is 0 Å². The molecule has 1 aliphatic rings. The third kappa shape index (κ3) is 4.91. The second-order valence-electron chi connectivity index (χ2n) is 5.67. The maximum absolute atomic E-state index is 12.7. The Morgan fingerprint density at radius 2 is 1.90 bits per heavy atom. The van der Waals surface area contributed by atoms with E-state index in [1.807, 2.05) is 13.8 Å². The van der Waals surface area contributed by atoms with E-state index in [9.17, 15) is 14.4 Å². The van der Waals surface area contributed by atoms with Gasteiger partial charge < -0.3 is 21.1 Å². The number of rotatable bonds is 7. The largest absolute Gasteiger partial charge is 0.480 e. The SMILES string of the molecule is CCC(C)C(NC(N)=O)C(=O)N(CC(=O)O)C1CCCC1. The number of nitrogens with zero attached hydrogens (tertiary/aromatic N) is 1. The van der Waals surface area contributed by atoms with Crippen LogP contribution in [0.5, 0.6) is 0 Å². The van der Waals surface area contributed by atoms with Crippen molar-refractivity contribution in [2.75, 3.05) is 6.54 Å². The van der Waals surface area contributed by atoms with E-state index in [1.54, 1.807) is 0 Å². The van der Waals surface area contributed by atoms with Crippen molar-refractivity contribution in [3.63, 3.8) is 0 Å². The van der Waals surface area contributed by atoms with Gasteiger partial charge in [0.25, 0.3) is 0 Å². The van der Waals surface area contributed by atoms with E-state index < -0.39 is 18.0 Å². The highest BCUT2D eigenvalue weighted by Gasteiger charge is 2.35. The van der Waals surface area contributed by atoms with E-state index in [-0.39, 0.29) is 24.4 Å². The molecule has 2 atom stereocenters. The second-order valence-corrected chi connectivity index (χ2v) is 5.67. The Bertz CT molecular complexity index is 394. The number of carboxylic acid groups (broad SMARTS) is 1. The van der Waals surface area contributed by atoms with Crippen molar-refractivity contribution in [1.82, 2.24) is 10.2 Å². The van der Waals surface area contributed by atoms with Crippen molar-refractivity contribution in [2.45, 2.75) is 58.0 Å². The Hall–Kier alpha value is -1.79. The highest BCUT2D eigenvalue weighted by atomic mass is 16.4. The second kappa shape index (κ2) is 7.85. The molecule has 0 spiro atoms. The number of nitrogens with one attached hydrogen (secondary N) is 1. The van der Waals surface area contributed by atoms with Gasteiger partial charge in [0.05, 0.1) is 0 Å². The molecule has 0 aromatic carbocycles. The molecule has 0 aliphatic heterocycles. The number of aliphatic carboxylic acids is 1. The number of amides is 3. The number of primary amides is 1. The number of carboxylic acids is 1. The first-order valence-corrected chi connectivity index (χ1v) is 7.45. The molecule has 7 heteroatoms. The van der Waals surface area contributed by atoms with Crippen LogP contribution in [0.2, 0.25) is 0 Å². The summed E-state index contributed by atoms with van der Waals surface area (Å²) in [6.07, 6.45) is 4.28. The molecule has 3 amide bonds. The number of carbonyl (C=O) groups is 3. The molecule has 0 saturated heterocycles. The Balaban J connectivity index is 2.92. The summed E-state index contributed by atoms with van der Waals surface area (Å²) in [4.78, 5) is 36.3. The normalized spacial score (nSPS) is 18.0. The van der Waals surface area contributed by atoms with Gasteiger partial charge in [-0.2, -0.15) is 0 Å². The van der Waals surface area contributed by atoms with Crippen LogP contribution in [0, 0.1) is 5.92 Å². The molecule has 1 aliphatic carbocycles. The van der Waals surface area contributed by atoms with E-state index in [1.165, 1.54) is 4.90 Å². The summed E-state index contributed by atoms with van der Waals surface area (Å²) in [6, 6.07) is -1.60. The van der Waals surface area contributed by atoms with E-state index >= 15 is 0 Å². The van der Waals surface area contributed by atoms with Crippen molar-refractivity contribution in [1.29, 1.82) is 0 Å². The van der Waals surface area contributed by atoms with Gasteiger partial charge in [-0.3, -0.25) is 9.59 Å². The van der Waals surface area contributed by atoms with E-state index in [0.29, 0.717) is 6.42 Å². The fourth-order valence-corrected chi connectivity index (χ4v) is 2.76. The van der Waals surface area contributed by atoms with Gasteiger partial charge in [0.2, 0.25) is 5.91 Å². The van der Waals surface area contributed by atoms with E-state index in [0.717, 1.165) is 25.7 Å². The van der Waals surface area contributed by atoms with Crippen LogP contribution in [0.1, 0.15) is 46.0 Å². The molecule has 0 aromatic rings. The van der Waals surface area contributed by atoms with Crippen LogP contribution in [-0.2, 0) is 9.59 Å². The summed E-state index contributed by atoms with van der Waals surface area (Å²) in [7, 11) is 0. The fraction of sp³-hybridized carbons (Fsp3) is 0.786. The summed E-state index contributed by atoms with van der Waals surface area (Å²) in [6.45, 7) is 3.41. The van der Waals surface area contributed by atoms with Gasteiger partial charge in [0.1, 0.15) is 12.6 Å². The van der Waals surface area contributed by atoms with Gasteiger partial charge >= 0.3 is 12.0 Å². The molecule has 1 fully saturated rings. The minimum atomic E-state index is -1.04. The number of hydrogen-bond donors (Lipinski definition) is 3. The van der Waals surface area contributed by atoms with Gasteiger partial charge in [0.15, 0.2) is 0 Å². The summed E-state index contributed by atoms with van der Waals surface area (Å²) in [5.74, 6) is -1.50. The first-order valence-electron chi connectivity index (χ1n) is 7.45. The van der Waals surface area contributed by atoms with E-state index in [2.05, 4.69) is 5.32 Å². The monoisotopic (exact) mass is 299 g/mol. The molecule has 0 bridgehead atoms. The highest BCUT2D eigenvalue weighted by molar-refractivity contribution is 5.89. The third-order valence-corrected chi connectivity index (χ3v) is 4.13. The lowest BCUT2D eigenvalue weighted by atomic mass is 9.97. The maximum Gasteiger partial charge on any atom is 0.323 e. The quantitative estimate of drug-likeness (QED) is 0.649. The molecule has 0 radical (unpaired) electrons. The van der Waals surface area contributed by atoms with Gasteiger partial charge in [0, 0.05) is 6.04 Å². The Labute approximate surface area is 124 Å². The van der Waals surface area contributed by atoms with Crippen molar-refractivity contribution >= 4 is 17.9 Å². The van der Waals surface area contributed by atoms with Gasteiger partial charge in [-0.15, -0.1) is 0 Å². The average molecular weight is 299 g/mol. The molecule has 21 heavy (non-hydrogen) atoms. The number of carbonyl (C=O) groups excluding carboxylic acids is 2. The number of urea groups is 1. The Morgan fingerprint density at radius 3 is 2.33 bits per heavy atom. The van der Waals surface area contributed by atoms with Crippen molar-refractivity contribution in [2.24, 2.45) is 11.7 Å². The van der Waals surface area contributed by atoms with Gasteiger partial charge in [-0.05, 0) is 18.8 Å². The van der Waals surface area contributed by atoms with Crippen molar-refractivity contribution in [3.05, 3.63) is 0 Å². The van der Waals surface area contributed by atoms with Crippen LogP contribution >= 0.6 is 0 Å². The zero-order valence-corrected chi connectivity index (χ0v) is 12.7. The van der Waals surface area contributed by atoms with Crippen LogP contribution in [-0.4, -0.2) is 46.5 Å². The summed E-state index contributed by atoms with van der Waals surface area (Å²) in [5, 5.41) is 11.5. The van der Waals surface area contributed by atoms with Crippen LogP contribution in [0.3, 0.4) is 0 Å². The lowest BCUT2D eigenvalue weighted by Gasteiger charge is -2.33. The zero-order valence-electron chi connectivity index (χ0n) is 12.7. The first kappa shape index (κ1) is 17.3. The Morgan fingerprint density at radius 1 is 1.33 bits per heavy atom. The standard InChI is InChI=1S/C14H25N3O4/c1-3-9(2)12(16-14(15)21)13(20)17(8-11(18)19)10-6-4-5-7-10/h9-10,12H,3-8H2,1-2H3,(H,18,19)(H3,15,16,21). The van der Waals surface area contributed by atoms with Gasteiger partial charge in [-0.1, -0.05) is 33.1 Å². The molecule has 1 rings (SSSR count). The lowest BCUT2D eigenvalue weighted by Crippen LogP contribution is -2.56. The molecule has 4 N–H and O–H groups in total. The van der Waals surface area contributed by atoms with Crippen LogP contribution in [0.4, 0.5) is 4.79 Å². The number of hydrogen-bond acceptors (Lipinski definition) is 3. The highest BCUT2D eigenvalue weighted by Crippen LogP contribution is 2.25. The molecular weight excluding hydrogens is 274 g/mol. The summed E-state index contributed by atoms with van der Waals surface area (Å²) < 4.78 is 0. The smallest absolute Gasteiger partial charge is 0.323 e. The fourth-order valence-electron chi connectivity index (χ4n) is 2.76. The molecule has 7 nitrogen and oxygen atoms in total. The molecule has 0 aromatic heterocycles. The predicted octanol–water partition coefficient (Wildman–Crippen LogP) is 0.925. The minimum absolute atomic E-state index is 0.0603. The average Bonchev–Trinajstić information content (AvgIpc) is 2.94. The molecule has 0 heterocycles. The van der Waals surface area contributed by atoms with Gasteiger partial charge in [-0.25, -0.2) is 4.79 Å².